The molecule has 0 unspecified atom stereocenters. The van der Waals surface area contributed by atoms with Gasteiger partial charge < -0.3 is 20.4 Å². The van der Waals surface area contributed by atoms with Gasteiger partial charge in [-0.25, -0.2) is 9.48 Å². The van der Waals surface area contributed by atoms with Crippen LogP contribution in [-0.2, 0) is 10.2 Å². The Balaban J connectivity index is 1.33. The van der Waals surface area contributed by atoms with Crippen molar-refractivity contribution in [2.24, 2.45) is 17.8 Å². The van der Waals surface area contributed by atoms with Gasteiger partial charge >= 0.3 is 6.03 Å². The zero-order valence-corrected chi connectivity index (χ0v) is 24.6. The number of benzene rings is 1. The van der Waals surface area contributed by atoms with Crippen molar-refractivity contribution in [3.05, 3.63) is 41.6 Å². The summed E-state index contributed by atoms with van der Waals surface area (Å²) in [7, 11) is 3.98. The molecule has 0 aliphatic heterocycles. The molecule has 4 saturated carbocycles. The van der Waals surface area contributed by atoms with Crippen LogP contribution in [0.15, 0.2) is 30.3 Å². The van der Waals surface area contributed by atoms with Crippen molar-refractivity contribution < 1.29 is 9.59 Å². The first-order valence-electron chi connectivity index (χ1n) is 14.6. The third-order valence-electron chi connectivity index (χ3n) is 8.94. The lowest BCUT2D eigenvalue weighted by molar-refractivity contribution is -0.117. The van der Waals surface area contributed by atoms with Crippen LogP contribution in [0.5, 0.6) is 0 Å². The standard InChI is InChI=1S/C31H46N6O2/c1-21-9-7-8-10-25(21)37-27(16-26(34-37)30(2,3)4)32-28(38)20-36(12-11-35(5)6)29(39)33-31-17-22-13-23(18-31)15-24(14-22)19-31/h7-10,16,22-24H,11-15,17-20H2,1-6H3,(H,32,38)(H,33,39). The molecule has 0 radical (unpaired) electrons. The summed E-state index contributed by atoms with van der Waals surface area (Å²) >= 11 is 0. The molecule has 1 aromatic carbocycles. The number of carbonyl (C=O) groups is 2. The Hall–Kier alpha value is -2.87. The Labute approximate surface area is 233 Å². The minimum atomic E-state index is -0.218. The maximum Gasteiger partial charge on any atom is 0.318 e. The molecular weight excluding hydrogens is 488 g/mol. The molecule has 1 aromatic heterocycles. The smallest absolute Gasteiger partial charge is 0.318 e. The van der Waals surface area contributed by atoms with Crippen LogP contribution in [0.3, 0.4) is 0 Å². The number of para-hydroxylation sites is 1. The number of aromatic nitrogens is 2. The van der Waals surface area contributed by atoms with E-state index in [1.807, 2.05) is 60.9 Å². The van der Waals surface area contributed by atoms with Gasteiger partial charge in [0.15, 0.2) is 0 Å². The second-order valence-electron chi connectivity index (χ2n) is 13.8. The van der Waals surface area contributed by atoms with Crippen molar-refractivity contribution in [1.29, 1.82) is 0 Å². The predicted molar refractivity (Wildman–Crippen MR) is 155 cm³/mol. The van der Waals surface area contributed by atoms with Crippen molar-refractivity contribution in [3.8, 4) is 5.69 Å². The minimum Gasteiger partial charge on any atom is -0.333 e. The highest BCUT2D eigenvalue weighted by Gasteiger charge is 2.51. The summed E-state index contributed by atoms with van der Waals surface area (Å²) in [6.07, 6.45) is 7.24. The summed E-state index contributed by atoms with van der Waals surface area (Å²) in [5, 5.41) is 11.4. The Bertz CT molecular complexity index is 1170. The first kappa shape index (κ1) is 27.7. The molecule has 8 nitrogen and oxygen atoms in total. The third-order valence-corrected chi connectivity index (χ3v) is 8.94. The molecule has 4 aliphatic carbocycles. The summed E-state index contributed by atoms with van der Waals surface area (Å²) in [4.78, 5) is 30.9. The molecule has 39 heavy (non-hydrogen) atoms. The quantitative estimate of drug-likeness (QED) is 0.502. The number of carbonyl (C=O) groups excluding carboxylic acids is 2. The number of hydrogen-bond acceptors (Lipinski definition) is 4. The fraction of sp³-hybridized carbons (Fsp3) is 0.645. The molecule has 2 N–H and O–H groups in total. The van der Waals surface area contributed by atoms with Gasteiger partial charge in [-0.2, -0.15) is 5.10 Å². The van der Waals surface area contributed by atoms with E-state index in [0.717, 1.165) is 54.0 Å². The average Bonchev–Trinajstić information content (AvgIpc) is 3.24. The highest BCUT2D eigenvalue weighted by Crippen LogP contribution is 2.55. The zero-order valence-electron chi connectivity index (χ0n) is 24.6. The van der Waals surface area contributed by atoms with E-state index in [4.69, 9.17) is 5.10 Å². The van der Waals surface area contributed by atoms with Gasteiger partial charge in [0, 0.05) is 30.1 Å². The summed E-state index contributed by atoms with van der Waals surface area (Å²) < 4.78 is 1.81. The highest BCUT2D eigenvalue weighted by molar-refractivity contribution is 5.94. The number of amides is 3. The first-order valence-corrected chi connectivity index (χ1v) is 14.6. The molecule has 3 amide bonds. The minimum absolute atomic E-state index is 0.00412. The molecule has 1 heterocycles. The van der Waals surface area contributed by atoms with Crippen LogP contribution in [0.25, 0.3) is 5.69 Å². The van der Waals surface area contributed by atoms with Gasteiger partial charge in [0.1, 0.15) is 12.4 Å². The summed E-state index contributed by atoms with van der Waals surface area (Å²) in [6, 6.07) is 9.85. The average molecular weight is 535 g/mol. The SMILES string of the molecule is Cc1ccccc1-n1nc(C(C)(C)C)cc1NC(=O)CN(CCN(C)C)C(=O)NC12CC3CC(CC(C3)C1)C2. The largest absolute Gasteiger partial charge is 0.333 e. The van der Waals surface area contributed by atoms with Gasteiger partial charge in [-0.15, -0.1) is 0 Å². The fourth-order valence-corrected chi connectivity index (χ4v) is 7.32. The van der Waals surface area contributed by atoms with E-state index in [0.29, 0.717) is 18.9 Å². The van der Waals surface area contributed by atoms with E-state index < -0.39 is 0 Å². The van der Waals surface area contributed by atoms with Gasteiger partial charge in [0.25, 0.3) is 0 Å². The Kier molecular flexibility index (Phi) is 7.53. The number of hydrogen-bond donors (Lipinski definition) is 2. The Morgan fingerprint density at radius 3 is 2.21 bits per heavy atom. The molecule has 4 fully saturated rings. The van der Waals surface area contributed by atoms with Crippen molar-refractivity contribution in [2.75, 3.05) is 39.0 Å². The van der Waals surface area contributed by atoms with Crippen LogP contribution in [-0.4, -0.2) is 70.8 Å². The van der Waals surface area contributed by atoms with Crippen molar-refractivity contribution in [3.63, 3.8) is 0 Å². The van der Waals surface area contributed by atoms with E-state index in [9.17, 15) is 9.59 Å². The maximum absolute atomic E-state index is 13.7. The number of anilines is 1. The number of aryl methyl sites for hydroxylation is 1. The van der Waals surface area contributed by atoms with Crippen LogP contribution in [0.1, 0.15) is 70.6 Å². The van der Waals surface area contributed by atoms with Gasteiger partial charge in [-0.3, -0.25) is 4.79 Å². The highest BCUT2D eigenvalue weighted by atomic mass is 16.2. The lowest BCUT2D eigenvalue weighted by atomic mass is 9.53. The van der Waals surface area contributed by atoms with Crippen molar-refractivity contribution in [1.82, 2.24) is 24.9 Å². The number of rotatable bonds is 8. The summed E-state index contributed by atoms with van der Waals surface area (Å²) in [5.41, 5.74) is 2.61. The molecule has 6 rings (SSSR count). The molecule has 8 heteroatoms. The monoisotopic (exact) mass is 534 g/mol. The molecule has 4 bridgehead atoms. The van der Waals surface area contributed by atoms with Crippen LogP contribution in [0, 0.1) is 24.7 Å². The number of nitrogens with zero attached hydrogens (tertiary/aromatic N) is 4. The third kappa shape index (κ3) is 6.16. The molecule has 0 atom stereocenters. The van der Waals surface area contributed by atoms with Gasteiger partial charge in [-0.1, -0.05) is 39.0 Å². The van der Waals surface area contributed by atoms with Gasteiger partial charge in [0.05, 0.1) is 11.4 Å². The molecule has 2 aromatic rings. The van der Waals surface area contributed by atoms with E-state index in [2.05, 4.69) is 31.4 Å². The predicted octanol–water partition coefficient (Wildman–Crippen LogP) is 4.96. The zero-order chi connectivity index (χ0) is 27.9. The Morgan fingerprint density at radius 2 is 1.64 bits per heavy atom. The van der Waals surface area contributed by atoms with E-state index in [1.165, 1.54) is 19.3 Å². The first-order chi connectivity index (χ1) is 18.4. The molecule has 4 aliphatic rings. The van der Waals surface area contributed by atoms with E-state index >= 15 is 0 Å². The molecule has 0 saturated heterocycles. The van der Waals surface area contributed by atoms with Crippen LogP contribution < -0.4 is 10.6 Å². The topological polar surface area (TPSA) is 82.5 Å². The lowest BCUT2D eigenvalue weighted by Gasteiger charge is -2.57. The lowest BCUT2D eigenvalue weighted by Crippen LogP contribution is -2.62. The van der Waals surface area contributed by atoms with E-state index in [1.54, 1.807) is 4.90 Å². The number of urea groups is 1. The summed E-state index contributed by atoms with van der Waals surface area (Å²) in [6.45, 7) is 9.55. The molecule has 0 spiro atoms. The van der Waals surface area contributed by atoms with Crippen LogP contribution in [0.4, 0.5) is 10.6 Å². The second-order valence-corrected chi connectivity index (χ2v) is 13.8. The van der Waals surface area contributed by atoms with Gasteiger partial charge in [0.2, 0.25) is 5.91 Å². The van der Waals surface area contributed by atoms with Crippen molar-refractivity contribution in [2.45, 2.75) is 77.2 Å². The number of likely N-dealkylation sites (N-methyl/N-ethyl adjacent to an activating group) is 1. The normalized spacial score (nSPS) is 25.7. The molecule has 212 valence electrons. The van der Waals surface area contributed by atoms with Crippen LogP contribution in [0.2, 0.25) is 0 Å². The Morgan fingerprint density at radius 1 is 1.03 bits per heavy atom. The molecular formula is C31H46N6O2. The van der Waals surface area contributed by atoms with Crippen molar-refractivity contribution >= 4 is 17.8 Å². The second kappa shape index (κ2) is 10.6. The maximum atomic E-state index is 13.7. The summed E-state index contributed by atoms with van der Waals surface area (Å²) in [5.74, 6) is 2.63. The van der Waals surface area contributed by atoms with Gasteiger partial charge in [-0.05, 0) is 88.9 Å². The number of nitrogens with one attached hydrogen (secondary N) is 2. The fourth-order valence-electron chi connectivity index (χ4n) is 7.32. The van der Waals surface area contributed by atoms with E-state index in [-0.39, 0.29) is 29.4 Å². The van der Waals surface area contributed by atoms with Crippen LogP contribution >= 0.6 is 0 Å².